The van der Waals surface area contributed by atoms with Crippen LogP contribution in [-0.4, -0.2) is 25.6 Å². The molecule has 0 radical (unpaired) electrons. The number of anilines is 1. The highest BCUT2D eigenvalue weighted by Gasteiger charge is 2.19. The molecule has 7 nitrogen and oxygen atoms in total. The lowest BCUT2D eigenvalue weighted by Crippen LogP contribution is -2.21. The van der Waals surface area contributed by atoms with Crippen LogP contribution in [-0.2, 0) is 4.74 Å². The molecule has 0 fully saturated rings. The molecule has 1 unspecified atom stereocenters. The van der Waals surface area contributed by atoms with Crippen molar-refractivity contribution in [3.05, 3.63) is 89.3 Å². The van der Waals surface area contributed by atoms with Crippen molar-refractivity contribution in [1.29, 1.82) is 5.41 Å². The second-order valence-electron chi connectivity index (χ2n) is 7.13. The topological polar surface area (TPSA) is 107 Å². The van der Waals surface area contributed by atoms with Crippen molar-refractivity contribution in [3.63, 3.8) is 0 Å². The van der Waals surface area contributed by atoms with Gasteiger partial charge in [0.05, 0.1) is 17.7 Å². The summed E-state index contributed by atoms with van der Waals surface area (Å²) in [4.78, 5) is 13.2. The Labute approximate surface area is 195 Å². The summed E-state index contributed by atoms with van der Waals surface area (Å²) in [5, 5.41) is 11.3. The first-order chi connectivity index (χ1) is 16.0. The van der Waals surface area contributed by atoms with E-state index in [1.165, 1.54) is 18.4 Å². The van der Waals surface area contributed by atoms with E-state index in [1.807, 2.05) is 60.7 Å². The van der Waals surface area contributed by atoms with E-state index < -0.39 is 12.2 Å². The van der Waals surface area contributed by atoms with Gasteiger partial charge in [-0.15, -0.1) is 11.3 Å². The summed E-state index contributed by atoms with van der Waals surface area (Å²) < 4.78 is 18.0. The number of ether oxygens (including phenoxy) is 3. The Morgan fingerprint density at radius 3 is 2.52 bits per heavy atom. The molecule has 4 N–H and O–H groups in total. The third-order valence-corrected chi connectivity index (χ3v) is 6.07. The maximum absolute atomic E-state index is 12.5. The van der Waals surface area contributed by atoms with Crippen LogP contribution in [0.4, 0.5) is 10.5 Å². The van der Waals surface area contributed by atoms with Crippen LogP contribution >= 0.6 is 11.3 Å². The van der Waals surface area contributed by atoms with E-state index in [-0.39, 0.29) is 12.4 Å². The number of amidine groups is 1. The van der Waals surface area contributed by atoms with E-state index in [9.17, 15) is 4.79 Å². The lowest BCUT2D eigenvalue weighted by atomic mass is 10.1. The van der Waals surface area contributed by atoms with Gasteiger partial charge >= 0.3 is 6.09 Å². The second kappa shape index (κ2) is 10.1. The normalized spacial score (nSPS) is 11.5. The maximum atomic E-state index is 12.5. The zero-order chi connectivity index (χ0) is 23.2. The number of nitrogens with two attached hydrogens (primary N) is 1. The molecule has 4 rings (SSSR count). The van der Waals surface area contributed by atoms with Crippen LogP contribution in [0, 0.1) is 5.41 Å². The van der Waals surface area contributed by atoms with Gasteiger partial charge in [-0.3, -0.25) is 10.7 Å². The Morgan fingerprint density at radius 2 is 1.76 bits per heavy atom. The highest BCUT2D eigenvalue weighted by Crippen LogP contribution is 2.35. The minimum atomic E-state index is -0.614. The molecular weight excluding hydrogens is 438 g/mol. The molecule has 1 amide bonds. The molecule has 4 aromatic rings. The third kappa shape index (κ3) is 5.24. The molecule has 3 aromatic carbocycles. The molecule has 1 atom stereocenters. The highest BCUT2D eigenvalue weighted by atomic mass is 32.1. The molecule has 0 saturated heterocycles. The first-order valence-corrected chi connectivity index (χ1v) is 11.0. The lowest BCUT2D eigenvalue weighted by Gasteiger charge is -2.20. The Morgan fingerprint density at radius 1 is 1.03 bits per heavy atom. The molecule has 0 saturated carbocycles. The molecule has 33 heavy (non-hydrogen) atoms. The number of para-hydroxylation sites is 2. The number of thiophene rings is 1. The maximum Gasteiger partial charge on any atom is 0.411 e. The number of benzene rings is 3. The number of nitrogen functional groups attached to an aromatic ring is 1. The summed E-state index contributed by atoms with van der Waals surface area (Å²) in [6.07, 6.45) is -1.16. The van der Waals surface area contributed by atoms with E-state index in [2.05, 4.69) is 5.32 Å². The van der Waals surface area contributed by atoms with E-state index in [1.54, 1.807) is 18.2 Å². The number of nitrogens with one attached hydrogen (secondary N) is 2. The van der Waals surface area contributed by atoms with Gasteiger partial charge in [0.15, 0.2) is 6.10 Å². The molecule has 1 heterocycles. The number of hydrogen-bond donors (Lipinski definition) is 3. The predicted octanol–water partition coefficient (Wildman–Crippen LogP) is 5.56. The molecule has 0 aliphatic rings. The number of methoxy groups -OCH3 is 1. The van der Waals surface area contributed by atoms with Gasteiger partial charge in [0.25, 0.3) is 0 Å². The quantitative estimate of drug-likeness (QED) is 0.235. The van der Waals surface area contributed by atoms with E-state index >= 15 is 0 Å². The smallest absolute Gasteiger partial charge is 0.411 e. The van der Waals surface area contributed by atoms with Gasteiger partial charge < -0.3 is 19.9 Å². The number of carbonyl (C=O) groups is 1. The molecule has 1 aromatic heterocycles. The van der Waals surface area contributed by atoms with Crippen molar-refractivity contribution in [1.82, 2.24) is 0 Å². The summed E-state index contributed by atoms with van der Waals surface area (Å²) in [5.41, 5.74) is 7.04. The molecule has 0 aliphatic heterocycles. The number of hydrogen-bond acceptors (Lipinski definition) is 6. The van der Waals surface area contributed by atoms with Crippen LogP contribution in [0.15, 0.2) is 78.9 Å². The first-order valence-electron chi connectivity index (χ1n) is 10.2. The fourth-order valence-electron chi connectivity index (χ4n) is 3.33. The molecule has 0 spiro atoms. The van der Waals surface area contributed by atoms with Crippen molar-refractivity contribution in [2.24, 2.45) is 5.73 Å². The van der Waals surface area contributed by atoms with Crippen LogP contribution in [0.3, 0.4) is 0 Å². The summed E-state index contributed by atoms with van der Waals surface area (Å²) in [5.74, 6) is 1.17. The van der Waals surface area contributed by atoms with Crippen molar-refractivity contribution < 1.29 is 19.0 Å². The summed E-state index contributed by atoms with van der Waals surface area (Å²) in [6.45, 7) is -0.00884. The van der Waals surface area contributed by atoms with Crippen molar-refractivity contribution in [3.8, 4) is 11.5 Å². The van der Waals surface area contributed by atoms with Crippen LogP contribution in [0.25, 0.3) is 10.1 Å². The number of carbonyl (C=O) groups excluding carboxylic acids is 1. The third-order valence-electron chi connectivity index (χ3n) is 4.94. The highest BCUT2D eigenvalue weighted by molar-refractivity contribution is 7.20. The standard InChI is InChI=1S/C25H23N3O4S/c1-30-20-11-6-5-10-18(20)28-25(29)31-15-21(16-8-3-2-4-9-16)32-19-12-7-13-22-17(19)14-23(33-22)24(26)27/h2-14,21H,15H2,1H3,(H3,26,27)(H,28,29). The van der Waals surface area contributed by atoms with Crippen molar-refractivity contribution >= 4 is 39.0 Å². The van der Waals surface area contributed by atoms with Crippen molar-refractivity contribution in [2.45, 2.75) is 6.10 Å². The predicted molar refractivity (Wildman–Crippen MR) is 131 cm³/mol. The zero-order valence-electron chi connectivity index (χ0n) is 17.9. The van der Waals surface area contributed by atoms with Gasteiger partial charge in [-0.2, -0.15) is 0 Å². The summed E-state index contributed by atoms with van der Waals surface area (Å²) in [7, 11) is 1.54. The van der Waals surface area contributed by atoms with Crippen LogP contribution in [0.1, 0.15) is 16.5 Å². The fraction of sp³-hybridized carbons (Fsp3) is 0.120. The molecular formula is C25H23N3O4S. The van der Waals surface area contributed by atoms with Crippen LogP contribution in [0.5, 0.6) is 11.5 Å². The van der Waals surface area contributed by atoms with Gasteiger partial charge in [-0.05, 0) is 35.9 Å². The van der Waals surface area contributed by atoms with Gasteiger partial charge in [0.1, 0.15) is 23.9 Å². The number of fused-ring (bicyclic) bond motifs is 1. The molecule has 0 bridgehead atoms. The number of rotatable bonds is 8. The Kier molecular flexibility index (Phi) is 6.75. The summed E-state index contributed by atoms with van der Waals surface area (Å²) in [6, 6.07) is 24.2. The monoisotopic (exact) mass is 461 g/mol. The largest absolute Gasteiger partial charge is 0.495 e. The number of amides is 1. The molecule has 0 aliphatic carbocycles. The van der Waals surface area contributed by atoms with Gasteiger partial charge in [-0.1, -0.05) is 48.5 Å². The SMILES string of the molecule is COc1ccccc1NC(=O)OCC(Oc1cccc2sc(C(=N)N)cc12)c1ccccc1. The average Bonchev–Trinajstić information content (AvgIpc) is 3.28. The van der Waals surface area contributed by atoms with E-state index in [4.69, 9.17) is 25.4 Å². The average molecular weight is 462 g/mol. The molecule has 168 valence electrons. The Hall–Kier alpha value is -4.04. The molecule has 8 heteroatoms. The van der Waals surface area contributed by atoms with Gasteiger partial charge in [-0.25, -0.2) is 4.79 Å². The van der Waals surface area contributed by atoms with Crippen molar-refractivity contribution in [2.75, 3.05) is 19.0 Å². The Balaban J connectivity index is 1.54. The lowest BCUT2D eigenvalue weighted by molar-refractivity contribution is 0.0909. The minimum absolute atomic E-state index is 0.00884. The van der Waals surface area contributed by atoms with E-state index in [0.717, 1.165) is 15.6 Å². The van der Waals surface area contributed by atoms with Gasteiger partial charge in [0.2, 0.25) is 0 Å². The van der Waals surface area contributed by atoms with E-state index in [0.29, 0.717) is 22.1 Å². The minimum Gasteiger partial charge on any atom is -0.495 e. The van der Waals surface area contributed by atoms with Crippen LogP contribution < -0.4 is 20.5 Å². The summed E-state index contributed by atoms with van der Waals surface area (Å²) >= 11 is 1.43. The first kappa shape index (κ1) is 22.2. The fourth-order valence-corrected chi connectivity index (χ4v) is 4.27. The Bertz CT molecular complexity index is 1270. The second-order valence-corrected chi connectivity index (χ2v) is 8.22. The zero-order valence-corrected chi connectivity index (χ0v) is 18.7. The van der Waals surface area contributed by atoms with Crippen LogP contribution in [0.2, 0.25) is 0 Å². The van der Waals surface area contributed by atoms with Gasteiger partial charge in [0, 0.05) is 10.1 Å².